The van der Waals surface area contributed by atoms with Gasteiger partial charge in [-0.1, -0.05) is 25.5 Å². The molecule has 1 atom stereocenters. The van der Waals surface area contributed by atoms with Gasteiger partial charge in [0.25, 0.3) is 11.8 Å². The molecule has 0 radical (unpaired) electrons. The van der Waals surface area contributed by atoms with Crippen LogP contribution in [0.15, 0.2) is 48.5 Å². The number of hydrogen-bond donors (Lipinski definition) is 2. The van der Waals surface area contributed by atoms with E-state index < -0.39 is 11.8 Å². The SMILES string of the molecule is CCCCN1CC(C(=O)Nc2ccc(C(=O)Nc3ccccc3C(=O)N3CCN(C(=O)OCC)CC3)cc2)CC1=O. The monoisotopic (exact) mass is 563 g/mol. The topological polar surface area (TPSA) is 128 Å². The van der Waals surface area contributed by atoms with Gasteiger partial charge in [-0.05, 0) is 49.7 Å². The Hall–Kier alpha value is -4.41. The smallest absolute Gasteiger partial charge is 0.409 e. The molecular weight excluding hydrogens is 526 g/mol. The highest BCUT2D eigenvalue weighted by molar-refractivity contribution is 6.09. The molecule has 1 unspecified atom stereocenters. The Kier molecular flexibility index (Phi) is 9.94. The molecule has 2 fully saturated rings. The summed E-state index contributed by atoms with van der Waals surface area (Å²) in [6, 6.07) is 13.3. The second kappa shape index (κ2) is 13.8. The number of hydrogen-bond acceptors (Lipinski definition) is 6. The number of nitrogens with one attached hydrogen (secondary N) is 2. The van der Waals surface area contributed by atoms with E-state index >= 15 is 0 Å². The number of nitrogens with zero attached hydrogens (tertiary/aromatic N) is 3. The number of para-hydroxylation sites is 1. The van der Waals surface area contributed by atoms with Crippen molar-refractivity contribution in [1.29, 1.82) is 0 Å². The zero-order valence-corrected chi connectivity index (χ0v) is 23.6. The maximum atomic E-state index is 13.3. The number of likely N-dealkylation sites (tertiary alicyclic amines) is 1. The van der Waals surface area contributed by atoms with Gasteiger partial charge in [0.1, 0.15) is 0 Å². The van der Waals surface area contributed by atoms with Crippen molar-refractivity contribution in [3.63, 3.8) is 0 Å². The lowest BCUT2D eigenvalue weighted by atomic mass is 10.1. The quantitative estimate of drug-likeness (QED) is 0.481. The first-order chi connectivity index (χ1) is 19.8. The van der Waals surface area contributed by atoms with Crippen LogP contribution in [0.4, 0.5) is 16.2 Å². The normalized spacial score (nSPS) is 16.9. The van der Waals surface area contributed by atoms with Crippen LogP contribution in [0.3, 0.4) is 0 Å². The second-order valence-corrected chi connectivity index (χ2v) is 10.1. The Bertz CT molecular complexity index is 1270. The van der Waals surface area contributed by atoms with E-state index in [4.69, 9.17) is 4.74 Å². The molecule has 11 nitrogen and oxygen atoms in total. The van der Waals surface area contributed by atoms with Crippen molar-refractivity contribution in [2.75, 3.05) is 56.5 Å². The molecule has 2 aromatic rings. The molecule has 4 rings (SSSR count). The van der Waals surface area contributed by atoms with Gasteiger partial charge in [-0.25, -0.2) is 4.79 Å². The van der Waals surface area contributed by atoms with Gasteiger partial charge in [0, 0.05) is 56.9 Å². The van der Waals surface area contributed by atoms with Crippen LogP contribution in [-0.2, 0) is 14.3 Å². The van der Waals surface area contributed by atoms with Crippen molar-refractivity contribution in [2.45, 2.75) is 33.1 Å². The summed E-state index contributed by atoms with van der Waals surface area (Å²) in [5, 5.41) is 5.66. The highest BCUT2D eigenvalue weighted by atomic mass is 16.6. The van der Waals surface area contributed by atoms with Crippen molar-refractivity contribution < 1.29 is 28.7 Å². The highest BCUT2D eigenvalue weighted by Crippen LogP contribution is 2.22. The molecule has 0 bridgehead atoms. The molecule has 2 aliphatic heterocycles. The van der Waals surface area contributed by atoms with Gasteiger partial charge in [-0.2, -0.15) is 0 Å². The number of rotatable bonds is 9. The Morgan fingerprint density at radius 1 is 0.902 bits per heavy atom. The first kappa shape index (κ1) is 29.6. The predicted molar refractivity (Wildman–Crippen MR) is 154 cm³/mol. The van der Waals surface area contributed by atoms with E-state index in [1.807, 2.05) is 0 Å². The van der Waals surface area contributed by atoms with E-state index in [0.717, 1.165) is 12.8 Å². The lowest BCUT2D eigenvalue weighted by Crippen LogP contribution is -2.50. The van der Waals surface area contributed by atoms with E-state index in [-0.39, 0.29) is 30.2 Å². The Morgan fingerprint density at radius 2 is 1.59 bits per heavy atom. The summed E-state index contributed by atoms with van der Waals surface area (Å²) < 4.78 is 5.04. The summed E-state index contributed by atoms with van der Waals surface area (Å²) in [7, 11) is 0. The minimum atomic E-state index is -0.400. The van der Waals surface area contributed by atoms with Crippen molar-refractivity contribution >= 4 is 41.1 Å². The highest BCUT2D eigenvalue weighted by Gasteiger charge is 2.34. The van der Waals surface area contributed by atoms with Crippen molar-refractivity contribution in [1.82, 2.24) is 14.7 Å². The third-order valence-corrected chi connectivity index (χ3v) is 7.28. The molecule has 0 spiro atoms. The van der Waals surface area contributed by atoms with Crippen LogP contribution in [0.1, 0.15) is 53.8 Å². The van der Waals surface area contributed by atoms with Crippen LogP contribution in [-0.4, -0.2) is 90.3 Å². The fourth-order valence-electron chi connectivity index (χ4n) is 4.91. The number of benzene rings is 2. The second-order valence-electron chi connectivity index (χ2n) is 10.1. The number of ether oxygens (including phenoxy) is 1. The average molecular weight is 564 g/mol. The van der Waals surface area contributed by atoms with Crippen LogP contribution < -0.4 is 10.6 Å². The third-order valence-electron chi connectivity index (χ3n) is 7.28. The minimum Gasteiger partial charge on any atom is -0.450 e. The third kappa shape index (κ3) is 7.41. The molecule has 41 heavy (non-hydrogen) atoms. The molecule has 0 aromatic heterocycles. The molecule has 2 saturated heterocycles. The van der Waals surface area contributed by atoms with Gasteiger partial charge in [-0.15, -0.1) is 0 Å². The number of piperazine rings is 1. The molecule has 5 amide bonds. The Balaban J connectivity index is 1.33. The zero-order chi connectivity index (χ0) is 29.4. The number of carbonyl (C=O) groups excluding carboxylic acids is 5. The van der Waals surface area contributed by atoms with Gasteiger partial charge in [0.05, 0.1) is 23.8 Å². The van der Waals surface area contributed by atoms with Gasteiger partial charge >= 0.3 is 6.09 Å². The lowest BCUT2D eigenvalue weighted by Gasteiger charge is -2.34. The van der Waals surface area contributed by atoms with Crippen molar-refractivity contribution in [3.8, 4) is 0 Å². The molecule has 218 valence electrons. The molecule has 11 heteroatoms. The molecule has 2 heterocycles. The minimum absolute atomic E-state index is 0.00307. The van der Waals surface area contributed by atoms with Gasteiger partial charge < -0.3 is 30.1 Å². The van der Waals surface area contributed by atoms with Crippen molar-refractivity contribution in [3.05, 3.63) is 59.7 Å². The average Bonchev–Trinajstić information content (AvgIpc) is 3.37. The number of anilines is 2. The number of unbranched alkanes of at least 4 members (excludes halogenated alkanes) is 1. The number of amides is 5. The number of carbonyl (C=O) groups is 5. The maximum absolute atomic E-state index is 13.3. The van der Waals surface area contributed by atoms with Gasteiger partial charge in [0.15, 0.2) is 0 Å². The standard InChI is InChI=1S/C30H37N5O6/c1-3-5-14-35-20-22(19-26(35)36)28(38)31-23-12-10-21(11-13-23)27(37)32-25-9-7-6-8-24(25)29(39)33-15-17-34(18-16-33)30(40)41-4-2/h6-13,22H,3-5,14-20H2,1-2H3,(H,31,38)(H,32,37). The fourth-order valence-corrected chi connectivity index (χ4v) is 4.91. The molecule has 0 saturated carbocycles. The summed E-state index contributed by atoms with van der Waals surface area (Å²) in [6.07, 6.45) is 1.71. The summed E-state index contributed by atoms with van der Waals surface area (Å²) >= 11 is 0. The van der Waals surface area contributed by atoms with E-state index in [1.165, 1.54) is 0 Å². The Labute approximate surface area is 239 Å². The Morgan fingerprint density at radius 3 is 2.27 bits per heavy atom. The first-order valence-corrected chi connectivity index (χ1v) is 14.1. The maximum Gasteiger partial charge on any atom is 0.409 e. The summed E-state index contributed by atoms with van der Waals surface area (Å²) in [4.78, 5) is 68.1. The molecule has 2 aromatic carbocycles. The molecule has 2 N–H and O–H groups in total. The largest absolute Gasteiger partial charge is 0.450 e. The first-order valence-electron chi connectivity index (χ1n) is 14.1. The van der Waals surface area contributed by atoms with Gasteiger partial charge in [0.2, 0.25) is 11.8 Å². The summed E-state index contributed by atoms with van der Waals surface area (Å²) in [5.41, 5.74) is 1.62. The predicted octanol–water partition coefficient (Wildman–Crippen LogP) is 3.44. The van der Waals surface area contributed by atoms with Crippen LogP contribution in [0.25, 0.3) is 0 Å². The van der Waals surface area contributed by atoms with Crippen LogP contribution in [0.2, 0.25) is 0 Å². The van der Waals surface area contributed by atoms with Crippen LogP contribution in [0.5, 0.6) is 0 Å². The van der Waals surface area contributed by atoms with Crippen molar-refractivity contribution in [2.24, 2.45) is 5.92 Å². The van der Waals surface area contributed by atoms with E-state index in [1.54, 1.807) is 70.2 Å². The molecule has 2 aliphatic rings. The van der Waals surface area contributed by atoms with E-state index in [2.05, 4.69) is 17.6 Å². The lowest BCUT2D eigenvalue weighted by molar-refractivity contribution is -0.128. The van der Waals surface area contributed by atoms with E-state index in [9.17, 15) is 24.0 Å². The molecular formula is C30H37N5O6. The van der Waals surface area contributed by atoms with E-state index in [0.29, 0.717) is 68.4 Å². The summed E-state index contributed by atoms with van der Waals surface area (Å²) in [5.74, 6) is -1.25. The molecule has 0 aliphatic carbocycles. The zero-order valence-electron chi connectivity index (χ0n) is 23.6. The fraction of sp³-hybridized carbons (Fsp3) is 0.433. The van der Waals surface area contributed by atoms with Crippen LogP contribution in [0, 0.1) is 5.92 Å². The van der Waals surface area contributed by atoms with Crippen LogP contribution >= 0.6 is 0 Å². The summed E-state index contributed by atoms with van der Waals surface area (Å²) in [6.45, 7) is 6.66. The van der Waals surface area contributed by atoms with Gasteiger partial charge in [-0.3, -0.25) is 19.2 Å².